The van der Waals surface area contributed by atoms with E-state index in [-0.39, 0.29) is 0 Å². The number of hydrogen-bond donors (Lipinski definition) is 0. The van der Waals surface area contributed by atoms with Crippen LogP contribution in [0, 0.1) is 0 Å². The second kappa shape index (κ2) is 13.6. The Balaban J connectivity index is 1.23. The van der Waals surface area contributed by atoms with Crippen molar-refractivity contribution in [3.05, 3.63) is 179 Å². The van der Waals surface area contributed by atoms with Gasteiger partial charge in [-0.25, -0.2) is 0 Å². The number of fused-ring (bicyclic) bond motifs is 3. The van der Waals surface area contributed by atoms with E-state index < -0.39 is 0 Å². The molecule has 44 heavy (non-hydrogen) atoms. The molecular weight excluding hydrogens is 530 g/mol. The molecular formula is C43H41N. The number of para-hydroxylation sites is 1. The quantitative estimate of drug-likeness (QED) is 0.287. The maximum absolute atomic E-state index is 3.99. The molecule has 3 aliphatic carbocycles. The van der Waals surface area contributed by atoms with Crippen molar-refractivity contribution < 1.29 is 0 Å². The summed E-state index contributed by atoms with van der Waals surface area (Å²) in [6, 6.07) is 15.7. The lowest BCUT2D eigenvalue weighted by Gasteiger charge is -2.23. The Hall–Kier alpha value is -4.88. The molecule has 1 nitrogen and oxygen atoms in total. The van der Waals surface area contributed by atoms with Gasteiger partial charge in [-0.15, -0.1) is 0 Å². The summed E-state index contributed by atoms with van der Waals surface area (Å²) in [6.07, 6.45) is 40.7. The van der Waals surface area contributed by atoms with E-state index >= 15 is 0 Å². The molecule has 0 N–H and O–H groups in total. The Labute approximate surface area is 263 Å². The maximum atomic E-state index is 3.99. The van der Waals surface area contributed by atoms with Gasteiger partial charge in [-0.2, -0.15) is 0 Å². The summed E-state index contributed by atoms with van der Waals surface area (Å²) in [6.45, 7) is 10.1. The fraction of sp³-hybridized carbons (Fsp3) is 0.163. The van der Waals surface area contributed by atoms with Gasteiger partial charge in [0.2, 0.25) is 0 Å². The third-order valence-corrected chi connectivity index (χ3v) is 8.84. The lowest BCUT2D eigenvalue weighted by atomic mass is 9.92. The van der Waals surface area contributed by atoms with Gasteiger partial charge in [0.05, 0.1) is 6.04 Å². The highest BCUT2D eigenvalue weighted by Crippen LogP contribution is 2.37. The number of aromatic nitrogens is 1. The van der Waals surface area contributed by atoms with E-state index in [0.29, 0.717) is 6.04 Å². The van der Waals surface area contributed by atoms with Crippen molar-refractivity contribution in [1.29, 1.82) is 0 Å². The molecule has 0 fully saturated rings. The SMILES string of the molecule is C=Cc1ccc(C2=C\CC\C=C/C(C)=C(C3=CCC(n4c5c(c6ccccc64)CCC=C5)C=C3)/C=C/C=C\C=C\2)cc1C=C. The second-order valence-electron chi connectivity index (χ2n) is 11.6. The first-order valence-electron chi connectivity index (χ1n) is 15.8. The van der Waals surface area contributed by atoms with Crippen LogP contribution in [-0.4, -0.2) is 4.57 Å². The van der Waals surface area contributed by atoms with Crippen molar-refractivity contribution in [3.8, 4) is 0 Å². The van der Waals surface area contributed by atoms with Crippen molar-refractivity contribution in [1.82, 2.24) is 4.57 Å². The molecule has 0 amide bonds. The molecule has 0 aliphatic heterocycles. The first kappa shape index (κ1) is 29.2. The molecule has 1 aromatic heterocycles. The second-order valence-corrected chi connectivity index (χ2v) is 11.6. The number of nitrogens with zero attached hydrogens (tertiary/aromatic N) is 1. The summed E-state index contributed by atoms with van der Waals surface area (Å²) < 4.78 is 2.55. The first-order chi connectivity index (χ1) is 21.7. The van der Waals surface area contributed by atoms with E-state index in [1.165, 1.54) is 50.0 Å². The van der Waals surface area contributed by atoms with Gasteiger partial charge in [0.15, 0.2) is 0 Å². The van der Waals surface area contributed by atoms with Crippen molar-refractivity contribution in [2.75, 3.05) is 0 Å². The van der Waals surface area contributed by atoms with Gasteiger partial charge in [-0.05, 0) is 102 Å². The highest BCUT2D eigenvalue weighted by Gasteiger charge is 2.22. The minimum absolute atomic E-state index is 0.315. The zero-order valence-electron chi connectivity index (χ0n) is 25.8. The Bertz CT molecular complexity index is 1860. The van der Waals surface area contributed by atoms with Gasteiger partial charge in [-0.1, -0.05) is 135 Å². The summed E-state index contributed by atoms with van der Waals surface area (Å²) in [5.41, 5.74) is 12.7. The predicted molar refractivity (Wildman–Crippen MR) is 193 cm³/mol. The largest absolute Gasteiger partial charge is 0.333 e. The van der Waals surface area contributed by atoms with Crippen molar-refractivity contribution >= 4 is 34.7 Å². The van der Waals surface area contributed by atoms with E-state index in [4.69, 9.17) is 0 Å². The molecule has 2 aromatic carbocycles. The number of aryl methyl sites for hydroxylation is 1. The van der Waals surface area contributed by atoms with E-state index in [2.05, 4.69) is 152 Å². The smallest absolute Gasteiger partial charge is 0.0560 e. The van der Waals surface area contributed by atoms with Crippen LogP contribution in [0.4, 0.5) is 0 Å². The van der Waals surface area contributed by atoms with Crippen LogP contribution in [0.25, 0.3) is 34.7 Å². The van der Waals surface area contributed by atoms with Gasteiger partial charge in [0.1, 0.15) is 0 Å². The Morgan fingerprint density at radius 1 is 0.750 bits per heavy atom. The average Bonchev–Trinajstić information content (AvgIpc) is 3.40. The van der Waals surface area contributed by atoms with Gasteiger partial charge in [0.25, 0.3) is 0 Å². The highest BCUT2D eigenvalue weighted by molar-refractivity contribution is 5.89. The normalized spacial score (nSPS) is 24.3. The third kappa shape index (κ3) is 6.10. The average molecular weight is 572 g/mol. The summed E-state index contributed by atoms with van der Waals surface area (Å²) in [7, 11) is 0. The first-order valence-corrected chi connectivity index (χ1v) is 15.8. The minimum atomic E-state index is 0.315. The predicted octanol–water partition coefficient (Wildman–Crippen LogP) is 11.7. The van der Waals surface area contributed by atoms with Crippen LogP contribution in [-0.2, 0) is 6.42 Å². The summed E-state index contributed by atoms with van der Waals surface area (Å²) in [5, 5.41) is 1.41. The fourth-order valence-corrected chi connectivity index (χ4v) is 6.55. The van der Waals surface area contributed by atoms with Gasteiger partial charge in [-0.3, -0.25) is 0 Å². The molecule has 0 radical (unpaired) electrons. The molecule has 3 aliphatic rings. The van der Waals surface area contributed by atoms with Crippen molar-refractivity contribution in [2.45, 2.75) is 45.1 Å². The Kier molecular flexibility index (Phi) is 9.03. The summed E-state index contributed by atoms with van der Waals surface area (Å²) >= 11 is 0. The number of benzene rings is 2. The zero-order valence-corrected chi connectivity index (χ0v) is 25.8. The van der Waals surface area contributed by atoms with Crippen LogP contribution in [0.3, 0.4) is 0 Å². The van der Waals surface area contributed by atoms with Crippen LogP contribution >= 0.6 is 0 Å². The fourth-order valence-electron chi connectivity index (χ4n) is 6.55. The van der Waals surface area contributed by atoms with E-state index in [9.17, 15) is 0 Å². The van der Waals surface area contributed by atoms with Crippen LogP contribution in [0.15, 0.2) is 151 Å². The Morgan fingerprint density at radius 3 is 2.39 bits per heavy atom. The monoisotopic (exact) mass is 571 g/mol. The topological polar surface area (TPSA) is 4.93 Å². The van der Waals surface area contributed by atoms with E-state index in [1.807, 2.05) is 12.2 Å². The van der Waals surface area contributed by atoms with Gasteiger partial charge < -0.3 is 4.57 Å². The molecule has 1 unspecified atom stereocenters. The molecule has 1 heterocycles. The lowest BCUT2D eigenvalue weighted by molar-refractivity contribution is 0.619. The number of hydrogen-bond acceptors (Lipinski definition) is 0. The Morgan fingerprint density at radius 2 is 1.57 bits per heavy atom. The third-order valence-electron chi connectivity index (χ3n) is 8.84. The number of allylic oxidation sites excluding steroid dienone is 17. The molecule has 1 atom stereocenters. The van der Waals surface area contributed by atoms with Crippen molar-refractivity contribution in [3.63, 3.8) is 0 Å². The highest BCUT2D eigenvalue weighted by atomic mass is 15.0. The molecule has 3 aromatic rings. The molecule has 1 heteroatoms. The molecule has 6 rings (SSSR count). The zero-order chi connectivity index (χ0) is 30.3. The van der Waals surface area contributed by atoms with Gasteiger partial charge in [0, 0.05) is 16.6 Å². The maximum Gasteiger partial charge on any atom is 0.0560 e. The molecule has 0 spiro atoms. The van der Waals surface area contributed by atoms with E-state index in [0.717, 1.165) is 43.2 Å². The standard InChI is InChI=1S/C43H41N/c1-4-33-25-26-37(31-34(33)5-2)35-18-10-6-7-12-20-39(32(3)17-9-8-11-19-35)36-27-29-38(30-28-36)44-42-23-15-13-21-40(42)41-22-14-16-24-43(41)44/h4-7,9-10,12-13,15-21,23-29,31,38H,1-2,8,11,14,22,30H2,3H3/b7-6-,17-9-,18-10+,20-12+,35-19-,39-32-. The molecule has 0 saturated heterocycles. The van der Waals surface area contributed by atoms with Crippen LogP contribution in [0.5, 0.6) is 0 Å². The molecule has 0 bridgehead atoms. The van der Waals surface area contributed by atoms with E-state index in [1.54, 1.807) is 0 Å². The van der Waals surface area contributed by atoms with Crippen LogP contribution in [0.2, 0.25) is 0 Å². The number of rotatable bonds is 5. The van der Waals surface area contributed by atoms with Crippen LogP contribution < -0.4 is 0 Å². The summed E-state index contributed by atoms with van der Waals surface area (Å²) in [5.74, 6) is 0. The molecule has 0 saturated carbocycles. The molecule has 218 valence electrons. The van der Waals surface area contributed by atoms with Crippen LogP contribution in [0.1, 0.15) is 66.6 Å². The summed E-state index contributed by atoms with van der Waals surface area (Å²) in [4.78, 5) is 0. The van der Waals surface area contributed by atoms with Crippen molar-refractivity contribution in [2.24, 2.45) is 0 Å². The van der Waals surface area contributed by atoms with Gasteiger partial charge >= 0.3 is 0 Å². The minimum Gasteiger partial charge on any atom is -0.333 e. The lowest BCUT2D eigenvalue weighted by Crippen LogP contribution is -2.11.